The molecule has 198 valence electrons. The van der Waals surface area contributed by atoms with Gasteiger partial charge in [0.25, 0.3) is 0 Å². The molecule has 2 fully saturated rings. The molecule has 0 unspecified atom stereocenters. The van der Waals surface area contributed by atoms with Crippen molar-refractivity contribution in [2.24, 2.45) is 0 Å². The van der Waals surface area contributed by atoms with Gasteiger partial charge in [0.1, 0.15) is 6.10 Å². The van der Waals surface area contributed by atoms with E-state index in [0.29, 0.717) is 26.1 Å². The normalized spacial score (nSPS) is 21.4. The van der Waals surface area contributed by atoms with Gasteiger partial charge in [0, 0.05) is 38.8 Å². The second-order valence-corrected chi connectivity index (χ2v) is 10.7. The van der Waals surface area contributed by atoms with Crippen molar-refractivity contribution in [3.05, 3.63) is 35.4 Å². The Balaban J connectivity index is 0.00000432. The van der Waals surface area contributed by atoms with E-state index in [1.54, 1.807) is 24.3 Å². The molecule has 0 radical (unpaired) electrons. The van der Waals surface area contributed by atoms with Crippen molar-refractivity contribution in [2.75, 3.05) is 32.4 Å². The Morgan fingerprint density at radius 3 is 2.37 bits per heavy atom. The lowest BCUT2D eigenvalue weighted by Gasteiger charge is -2.38. The van der Waals surface area contributed by atoms with E-state index in [4.69, 9.17) is 0 Å². The van der Waals surface area contributed by atoms with Gasteiger partial charge in [-0.3, -0.25) is 9.69 Å². The number of esters is 1. The average molecular weight is 542 g/mol. The fourth-order valence-electron chi connectivity index (χ4n) is 4.36. The molecular weight excluding hydrogens is 511 g/mol. The van der Waals surface area contributed by atoms with Gasteiger partial charge in [-0.25, -0.2) is 17.9 Å². The summed E-state index contributed by atoms with van der Waals surface area (Å²) < 4.78 is 66.7. The van der Waals surface area contributed by atoms with Gasteiger partial charge >= 0.3 is 12.1 Å². The number of carbonyl (C=O) groups is 2. The zero-order valence-electron chi connectivity index (χ0n) is 19.4. The lowest BCUT2D eigenvalue weighted by Crippen LogP contribution is -2.49. The predicted molar refractivity (Wildman–Crippen MR) is 125 cm³/mol. The first kappa shape index (κ1) is 29.3. The highest BCUT2D eigenvalue weighted by Crippen LogP contribution is 2.24. The van der Waals surface area contributed by atoms with Gasteiger partial charge in [0.2, 0.25) is 15.9 Å². The number of sulfonamides is 1. The third-order valence-corrected chi connectivity index (χ3v) is 6.74. The van der Waals surface area contributed by atoms with Crippen LogP contribution in [0.4, 0.5) is 13.2 Å². The number of rotatable bonds is 8. The topological polar surface area (TPSA) is 96.0 Å². The van der Waals surface area contributed by atoms with Crippen LogP contribution in [0.3, 0.4) is 0 Å². The minimum absolute atomic E-state index is 0. The summed E-state index contributed by atoms with van der Waals surface area (Å²) >= 11 is 0. The van der Waals surface area contributed by atoms with Crippen molar-refractivity contribution < 1.29 is 35.9 Å². The highest BCUT2D eigenvalue weighted by atomic mass is 35.5. The number of amides is 1. The molecule has 0 spiro atoms. The van der Waals surface area contributed by atoms with Crippen molar-refractivity contribution in [3.8, 4) is 0 Å². The van der Waals surface area contributed by atoms with Gasteiger partial charge in [-0.15, -0.1) is 12.4 Å². The van der Waals surface area contributed by atoms with Gasteiger partial charge < -0.3 is 9.64 Å². The molecule has 2 heterocycles. The second-order valence-electron chi connectivity index (χ2n) is 8.90. The third-order valence-electron chi connectivity index (χ3n) is 6.07. The highest BCUT2D eigenvalue weighted by molar-refractivity contribution is 7.88. The summed E-state index contributed by atoms with van der Waals surface area (Å²) in [6, 6.07) is 7.12. The number of likely N-dealkylation sites (tertiary alicyclic amines) is 2. The largest absolute Gasteiger partial charge is 0.490 e. The quantitative estimate of drug-likeness (QED) is 0.507. The molecule has 1 aromatic rings. The minimum Gasteiger partial charge on any atom is -0.454 e. The van der Waals surface area contributed by atoms with E-state index < -0.39 is 28.3 Å². The number of carbonyl (C=O) groups excluding carboxylic acids is 2. The van der Waals surface area contributed by atoms with Gasteiger partial charge in [-0.2, -0.15) is 13.2 Å². The summed E-state index contributed by atoms with van der Waals surface area (Å²) in [5, 5.41) is 0. The first-order valence-corrected chi connectivity index (χ1v) is 13.1. The van der Waals surface area contributed by atoms with Crippen LogP contribution in [-0.4, -0.2) is 80.9 Å². The van der Waals surface area contributed by atoms with Crippen LogP contribution in [0.1, 0.15) is 36.8 Å². The van der Waals surface area contributed by atoms with Crippen molar-refractivity contribution in [1.82, 2.24) is 14.5 Å². The maximum Gasteiger partial charge on any atom is 0.490 e. The summed E-state index contributed by atoms with van der Waals surface area (Å²) in [5.41, 5.74) is 1.60. The molecule has 2 aliphatic rings. The van der Waals surface area contributed by atoms with E-state index >= 15 is 0 Å². The number of halogens is 4. The maximum absolute atomic E-state index is 13.0. The van der Waals surface area contributed by atoms with Crippen LogP contribution in [0.2, 0.25) is 0 Å². The molecule has 0 saturated carbocycles. The molecule has 1 aromatic carbocycles. The fourth-order valence-corrected chi connectivity index (χ4v) is 4.79. The zero-order valence-corrected chi connectivity index (χ0v) is 21.1. The maximum atomic E-state index is 13.0. The number of alkyl halides is 3. The van der Waals surface area contributed by atoms with Crippen molar-refractivity contribution in [3.63, 3.8) is 0 Å². The smallest absolute Gasteiger partial charge is 0.454 e. The highest BCUT2D eigenvalue weighted by Gasteiger charge is 2.43. The van der Waals surface area contributed by atoms with E-state index in [1.165, 1.54) is 0 Å². The summed E-state index contributed by atoms with van der Waals surface area (Å²) in [6.07, 6.45) is -1.48. The van der Waals surface area contributed by atoms with E-state index in [9.17, 15) is 31.2 Å². The van der Waals surface area contributed by atoms with Crippen LogP contribution in [0, 0.1) is 0 Å². The molecule has 35 heavy (non-hydrogen) atoms. The van der Waals surface area contributed by atoms with Gasteiger partial charge in [0.15, 0.2) is 0 Å². The van der Waals surface area contributed by atoms with E-state index in [0.717, 1.165) is 36.6 Å². The molecule has 0 aromatic heterocycles. The minimum atomic E-state index is -5.00. The summed E-state index contributed by atoms with van der Waals surface area (Å²) in [5.74, 6) is -2.18. The Hall–Kier alpha value is -1.89. The summed E-state index contributed by atoms with van der Waals surface area (Å²) in [7, 11) is -3.29. The Labute approximate surface area is 209 Å². The van der Waals surface area contributed by atoms with Crippen molar-refractivity contribution in [1.29, 1.82) is 0 Å². The lowest BCUT2D eigenvalue weighted by molar-refractivity contribution is -0.204. The Morgan fingerprint density at radius 1 is 1.09 bits per heavy atom. The fraction of sp³-hybridized carbons (Fsp3) is 0.636. The summed E-state index contributed by atoms with van der Waals surface area (Å²) in [4.78, 5) is 27.9. The lowest BCUT2D eigenvalue weighted by atomic mass is 10.00. The zero-order chi connectivity index (χ0) is 24.9. The Bertz CT molecular complexity index is 976. The Morgan fingerprint density at radius 2 is 1.74 bits per heavy atom. The molecule has 2 atom stereocenters. The summed E-state index contributed by atoms with van der Waals surface area (Å²) in [6.45, 7) is 2.07. The number of nitrogens with one attached hydrogen (secondary N) is 1. The predicted octanol–water partition coefficient (Wildman–Crippen LogP) is 2.26. The van der Waals surface area contributed by atoms with Crippen LogP contribution >= 0.6 is 12.4 Å². The molecule has 1 amide bonds. The van der Waals surface area contributed by atoms with Gasteiger partial charge in [-0.1, -0.05) is 24.3 Å². The van der Waals surface area contributed by atoms with E-state index in [2.05, 4.69) is 9.46 Å². The molecule has 2 aliphatic heterocycles. The monoisotopic (exact) mass is 541 g/mol. The second kappa shape index (κ2) is 12.4. The standard InChI is InChI=1S/C22H30F3N3O5S.ClH/c1-34(31,32)26-13-17-7-5-16(6-8-17)12-20(29)28-10-3-2-4-18(28)14-27-11-9-19(15-27)33-21(30)22(23,24)25;/h5-8,18-19,26H,2-4,9-15H2,1H3;1H/t18-,19-;/m0./s1. The number of piperidine rings is 1. The van der Waals surface area contributed by atoms with Crippen molar-refractivity contribution in [2.45, 2.75) is 57.0 Å². The van der Waals surface area contributed by atoms with Crippen LogP contribution in [-0.2, 0) is 37.3 Å². The number of ether oxygens (including phenoxy) is 1. The number of nitrogens with zero attached hydrogens (tertiary/aromatic N) is 2. The SMILES string of the molecule is CS(=O)(=O)NCc1ccc(CC(=O)N2CCCC[C@H]2CN2CC[C@H](OC(=O)C(F)(F)F)C2)cc1.Cl. The van der Waals surface area contributed by atoms with Crippen LogP contribution < -0.4 is 4.72 Å². The van der Waals surface area contributed by atoms with Crippen LogP contribution in [0.25, 0.3) is 0 Å². The number of benzene rings is 1. The molecule has 2 saturated heterocycles. The van der Waals surface area contributed by atoms with E-state index in [-0.39, 0.29) is 43.9 Å². The number of hydrogen-bond donors (Lipinski definition) is 1. The molecule has 1 N–H and O–H groups in total. The molecule has 0 bridgehead atoms. The first-order chi connectivity index (χ1) is 15.9. The first-order valence-electron chi connectivity index (χ1n) is 11.2. The molecular formula is C22H31ClF3N3O5S. The van der Waals surface area contributed by atoms with Gasteiger partial charge in [0.05, 0.1) is 12.7 Å². The van der Waals surface area contributed by atoms with E-state index in [1.807, 2.05) is 9.80 Å². The van der Waals surface area contributed by atoms with Crippen LogP contribution in [0.5, 0.6) is 0 Å². The van der Waals surface area contributed by atoms with Crippen LogP contribution in [0.15, 0.2) is 24.3 Å². The Kier molecular flexibility index (Phi) is 10.4. The van der Waals surface area contributed by atoms with Gasteiger partial charge in [-0.05, 0) is 36.8 Å². The molecule has 13 heteroatoms. The number of hydrogen-bond acceptors (Lipinski definition) is 6. The molecule has 3 rings (SSSR count). The molecule has 0 aliphatic carbocycles. The average Bonchev–Trinajstić information content (AvgIpc) is 3.19. The molecule has 8 nitrogen and oxygen atoms in total. The third kappa shape index (κ3) is 9.25. The van der Waals surface area contributed by atoms with Crippen molar-refractivity contribution >= 4 is 34.3 Å².